The van der Waals surface area contributed by atoms with Gasteiger partial charge >= 0.3 is 0 Å². The molecule has 0 aromatic heterocycles. The molecule has 1 atom stereocenters. The van der Waals surface area contributed by atoms with Crippen molar-refractivity contribution in [1.82, 2.24) is 5.32 Å². The molecule has 0 saturated heterocycles. The van der Waals surface area contributed by atoms with Crippen LogP contribution in [0.1, 0.15) is 31.2 Å². The van der Waals surface area contributed by atoms with Gasteiger partial charge in [-0.05, 0) is 43.4 Å². The van der Waals surface area contributed by atoms with Gasteiger partial charge in [0.2, 0.25) is 11.8 Å². The SMILES string of the molecule is N[C@@H](CCC(=O)Nc1cc(Cl)cc(S(=O)(=O)O)c1O)C(=O)NCCCCc1ccccc1. The van der Waals surface area contributed by atoms with Gasteiger partial charge in [0.1, 0.15) is 4.90 Å². The summed E-state index contributed by atoms with van der Waals surface area (Å²) in [5.74, 6) is -1.84. The normalized spacial score (nSPS) is 12.2. The van der Waals surface area contributed by atoms with E-state index in [1.807, 2.05) is 30.3 Å². The number of hydrogen-bond acceptors (Lipinski definition) is 6. The zero-order valence-corrected chi connectivity index (χ0v) is 18.8. The van der Waals surface area contributed by atoms with Gasteiger partial charge in [0.05, 0.1) is 11.7 Å². The number of anilines is 1. The molecule has 0 bridgehead atoms. The van der Waals surface area contributed by atoms with Crippen LogP contribution in [-0.2, 0) is 26.1 Å². The molecule has 0 fully saturated rings. The molecule has 2 aromatic rings. The Bertz CT molecular complexity index is 1050. The molecule has 6 N–H and O–H groups in total. The Kier molecular flexibility index (Phi) is 9.45. The number of aromatic hydroxyl groups is 1. The third-order valence-corrected chi connectivity index (χ3v) is 5.73. The summed E-state index contributed by atoms with van der Waals surface area (Å²) in [6, 6.07) is 11.1. The number of benzene rings is 2. The smallest absolute Gasteiger partial charge is 0.298 e. The summed E-state index contributed by atoms with van der Waals surface area (Å²) in [4.78, 5) is 23.4. The van der Waals surface area contributed by atoms with Gasteiger partial charge in [-0.15, -0.1) is 0 Å². The van der Waals surface area contributed by atoms with Crippen LogP contribution in [0.2, 0.25) is 5.02 Å². The number of rotatable bonds is 11. The van der Waals surface area contributed by atoms with Gasteiger partial charge in [0, 0.05) is 18.0 Å². The molecule has 0 radical (unpaired) electrons. The molecule has 11 heteroatoms. The van der Waals surface area contributed by atoms with E-state index < -0.39 is 32.7 Å². The topological polar surface area (TPSA) is 159 Å². The lowest BCUT2D eigenvalue weighted by molar-refractivity contribution is -0.122. The van der Waals surface area contributed by atoms with E-state index in [4.69, 9.17) is 21.9 Å². The van der Waals surface area contributed by atoms with Gasteiger partial charge in [-0.25, -0.2) is 0 Å². The Morgan fingerprint density at radius 3 is 2.47 bits per heavy atom. The van der Waals surface area contributed by atoms with Gasteiger partial charge in [-0.1, -0.05) is 41.9 Å². The zero-order chi connectivity index (χ0) is 23.7. The molecule has 2 amide bonds. The molecular weight excluding hydrogens is 458 g/mol. The minimum atomic E-state index is -4.74. The van der Waals surface area contributed by atoms with E-state index in [2.05, 4.69) is 10.6 Å². The highest BCUT2D eigenvalue weighted by atomic mass is 35.5. The molecule has 0 unspecified atom stereocenters. The number of amides is 2. The van der Waals surface area contributed by atoms with Gasteiger partial charge in [-0.3, -0.25) is 14.1 Å². The van der Waals surface area contributed by atoms with E-state index >= 15 is 0 Å². The van der Waals surface area contributed by atoms with Crippen LogP contribution in [0.5, 0.6) is 5.75 Å². The molecule has 0 heterocycles. The van der Waals surface area contributed by atoms with Crippen molar-refractivity contribution >= 4 is 39.2 Å². The molecule has 32 heavy (non-hydrogen) atoms. The summed E-state index contributed by atoms with van der Waals surface area (Å²) in [6.07, 6.45) is 2.50. The van der Waals surface area contributed by atoms with Crippen LogP contribution in [0.15, 0.2) is 47.4 Å². The Hall–Kier alpha value is -2.66. The molecule has 2 aromatic carbocycles. The second-order valence-corrected chi connectivity index (χ2v) is 9.03. The number of carbonyl (C=O) groups is 2. The summed E-state index contributed by atoms with van der Waals surface area (Å²) in [5.41, 5.74) is 6.77. The lowest BCUT2D eigenvalue weighted by Crippen LogP contribution is -2.41. The van der Waals surface area contributed by atoms with Crippen molar-refractivity contribution in [2.75, 3.05) is 11.9 Å². The Morgan fingerprint density at radius 1 is 1.12 bits per heavy atom. The average molecular weight is 484 g/mol. The fourth-order valence-electron chi connectivity index (χ4n) is 2.94. The van der Waals surface area contributed by atoms with Crippen LogP contribution in [0.25, 0.3) is 0 Å². The van der Waals surface area contributed by atoms with Crippen molar-refractivity contribution in [3.05, 3.63) is 53.1 Å². The highest BCUT2D eigenvalue weighted by molar-refractivity contribution is 7.86. The number of nitrogens with one attached hydrogen (secondary N) is 2. The standard InChI is InChI=1S/C21H26ClN3O6S/c22-15-12-17(20(27)18(13-15)32(29,30)31)25-19(26)10-9-16(23)21(28)24-11-5-4-8-14-6-2-1-3-7-14/h1-3,6-7,12-13,16,27H,4-5,8-11,23H2,(H,24,28)(H,25,26)(H,29,30,31)/t16-/m0/s1. The van der Waals surface area contributed by atoms with Gasteiger partial charge in [0.15, 0.2) is 5.75 Å². The van der Waals surface area contributed by atoms with Crippen LogP contribution < -0.4 is 16.4 Å². The van der Waals surface area contributed by atoms with E-state index in [-0.39, 0.29) is 29.5 Å². The predicted octanol–water partition coefficient (Wildman–Crippen LogP) is 2.48. The zero-order valence-electron chi connectivity index (χ0n) is 17.3. The molecule has 9 nitrogen and oxygen atoms in total. The van der Waals surface area contributed by atoms with E-state index in [9.17, 15) is 23.1 Å². The number of unbranched alkanes of at least 4 members (excludes halogenated alkanes) is 1. The number of halogens is 1. The largest absolute Gasteiger partial charge is 0.504 e. The molecule has 0 aliphatic heterocycles. The first-order valence-electron chi connectivity index (χ1n) is 9.95. The van der Waals surface area contributed by atoms with Crippen LogP contribution in [0.3, 0.4) is 0 Å². The molecule has 0 spiro atoms. The molecule has 174 valence electrons. The van der Waals surface area contributed by atoms with E-state index in [1.54, 1.807) is 0 Å². The molecule has 0 aliphatic rings. The number of carbonyl (C=O) groups excluding carboxylic acids is 2. The Balaban J connectivity index is 1.75. The van der Waals surface area contributed by atoms with Crippen molar-refractivity contribution in [3.8, 4) is 5.75 Å². The monoisotopic (exact) mass is 483 g/mol. The van der Waals surface area contributed by atoms with Crippen molar-refractivity contribution in [3.63, 3.8) is 0 Å². The predicted molar refractivity (Wildman–Crippen MR) is 121 cm³/mol. The fourth-order valence-corrected chi connectivity index (χ4v) is 3.85. The van der Waals surface area contributed by atoms with Crippen molar-refractivity contribution in [1.29, 1.82) is 0 Å². The highest BCUT2D eigenvalue weighted by Crippen LogP contribution is 2.34. The Labute approximate surface area is 191 Å². The number of phenolic OH excluding ortho intramolecular Hbond substituents is 1. The maximum Gasteiger partial charge on any atom is 0.298 e. The van der Waals surface area contributed by atoms with Crippen LogP contribution in [-0.4, -0.2) is 42.5 Å². The van der Waals surface area contributed by atoms with E-state index in [0.29, 0.717) is 6.54 Å². The quantitative estimate of drug-likeness (QED) is 0.186. The summed E-state index contributed by atoms with van der Waals surface area (Å²) in [7, 11) is -4.74. The summed E-state index contributed by atoms with van der Waals surface area (Å²) >= 11 is 5.78. The number of nitrogens with two attached hydrogens (primary N) is 1. The maximum absolute atomic E-state index is 12.1. The summed E-state index contributed by atoms with van der Waals surface area (Å²) < 4.78 is 31.7. The maximum atomic E-state index is 12.1. The van der Waals surface area contributed by atoms with Crippen molar-refractivity contribution in [2.24, 2.45) is 5.73 Å². The summed E-state index contributed by atoms with van der Waals surface area (Å²) in [6.45, 7) is 0.473. The second kappa shape index (κ2) is 11.8. The molecule has 2 rings (SSSR count). The third-order valence-electron chi connectivity index (χ3n) is 4.65. The van der Waals surface area contributed by atoms with E-state index in [1.165, 1.54) is 5.56 Å². The number of aryl methyl sites for hydroxylation is 1. The first-order chi connectivity index (χ1) is 15.1. The van der Waals surface area contributed by atoms with Crippen molar-refractivity contribution in [2.45, 2.75) is 43.0 Å². The van der Waals surface area contributed by atoms with Crippen LogP contribution >= 0.6 is 11.6 Å². The Morgan fingerprint density at radius 2 is 1.81 bits per heavy atom. The molecular formula is C21H26ClN3O6S. The number of hydrogen-bond donors (Lipinski definition) is 5. The van der Waals surface area contributed by atoms with Crippen LogP contribution in [0.4, 0.5) is 5.69 Å². The average Bonchev–Trinajstić information content (AvgIpc) is 2.73. The lowest BCUT2D eigenvalue weighted by Gasteiger charge is -2.13. The highest BCUT2D eigenvalue weighted by Gasteiger charge is 2.21. The second-order valence-electron chi connectivity index (χ2n) is 7.20. The third kappa shape index (κ3) is 8.12. The van der Waals surface area contributed by atoms with Crippen molar-refractivity contribution < 1.29 is 27.7 Å². The van der Waals surface area contributed by atoms with Crippen LogP contribution in [0, 0.1) is 0 Å². The van der Waals surface area contributed by atoms with E-state index in [0.717, 1.165) is 31.4 Å². The fraction of sp³-hybridized carbons (Fsp3) is 0.333. The minimum Gasteiger partial charge on any atom is -0.504 e. The first-order valence-corrected chi connectivity index (χ1v) is 11.8. The van der Waals surface area contributed by atoms with Gasteiger partial charge in [0.25, 0.3) is 10.1 Å². The molecule has 0 aliphatic carbocycles. The lowest BCUT2D eigenvalue weighted by atomic mass is 10.1. The van der Waals surface area contributed by atoms with Gasteiger partial charge < -0.3 is 21.5 Å². The summed E-state index contributed by atoms with van der Waals surface area (Å²) in [5, 5.41) is 14.9. The van der Waals surface area contributed by atoms with Gasteiger partial charge in [-0.2, -0.15) is 8.42 Å². The number of phenols is 1. The minimum absolute atomic E-state index is 0.0359. The first kappa shape index (κ1) is 25.6. The molecule has 0 saturated carbocycles.